The van der Waals surface area contributed by atoms with E-state index in [-0.39, 0.29) is 12.1 Å². The van der Waals surface area contributed by atoms with Gasteiger partial charge in [-0.15, -0.1) is 0 Å². The average molecular weight is 226 g/mol. The highest BCUT2D eigenvalue weighted by molar-refractivity contribution is 6.44. The van der Waals surface area contributed by atoms with Crippen molar-refractivity contribution in [3.8, 4) is 0 Å². The summed E-state index contributed by atoms with van der Waals surface area (Å²) in [7, 11) is 0. The summed E-state index contributed by atoms with van der Waals surface area (Å²) < 4.78 is 0. The Morgan fingerprint density at radius 1 is 1.44 bits per heavy atom. The van der Waals surface area contributed by atoms with Crippen LogP contribution in [0.5, 0.6) is 0 Å². The number of carboxylic acid groups (broad SMARTS) is 2. The van der Waals surface area contributed by atoms with Crippen LogP contribution in [0.15, 0.2) is 16.9 Å². The van der Waals surface area contributed by atoms with E-state index in [1.54, 1.807) is 6.92 Å². The normalized spacial score (nSPS) is 24.1. The van der Waals surface area contributed by atoms with Gasteiger partial charge in [0, 0.05) is 6.20 Å². The van der Waals surface area contributed by atoms with E-state index in [0.717, 1.165) is 0 Å². The van der Waals surface area contributed by atoms with Crippen LogP contribution in [0.1, 0.15) is 26.7 Å². The third kappa shape index (κ3) is 1.78. The second-order valence-electron chi connectivity index (χ2n) is 3.46. The summed E-state index contributed by atoms with van der Waals surface area (Å²) in [6.07, 6.45) is 2.12. The van der Waals surface area contributed by atoms with Gasteiger partial charge in [0.25, 0.3) is 0 Å². The summed E-state index contributed by atoms with van der Waals surface area (Å²) in [5.74, 6) is -2.54. The Balaban J connectivity index is 3.25. The van der Waals surface area contributed by atoms with E-state index in [1.807, 2.05) is 6.92 Å². The molecule has 0 spiro atoms. The van der Waals surface area contributed by atoms with Gasteiger partial charge in [-0.25, -0.2) is 14.6 Å². The number of carboxylic acids is 2. The Hall–Kier alpha value is -1.85. The summed E-state index contributed by atoms with van der Waals surface area (Å²) in [5, 5.41) is 20.8. The van der Waals surface area contributed by atoms with E-state index in [9.17, 15) is 9.59 Å². The molecule has 0 saturated carbocycles. The molecule has 1 aliphatic rings. The van der Waals surface area contributed by atoms with E-state index in [1.165, 1.54) is 6.20 Å². The SMILES string of the molecule is CCC1=CNC(CC)(C(=O)O)C(C(=O)O)=N1. The maximum atomic E-state index is 11.2. The van der Waals surface area contributed by atoms with Crippen molar-refractivity contribution < 1.29 is 19.8 Å². The lowest BCUT2D eigenvalue weighted by molar-refractivity contribution is -0.143. The van der Waals surface area contributed by atoms with Gasteiger partial charge in [0.2, 0.25) is 0 Å². The van der Waals surface area contributed by atoms with Crippen LogP contribution in [0, 0.1) is 0 Å². The molecule has 1 rings (SSSR count). The Bertz CT molecular complexity index is 386. The fraction of sp³-hybridized carbons (Fsp3) is 0.500. The van der Waals surface area contributed by atoms with Crippen LogP contribution in [0.2, 0.25) is 0 Å². The van der Waals surface area contributed by atoms with Gasteiger partial charge < -0.3 is 15.5 Å². The smallest absolute Gasteiger partial charge is 0.353 e. The molecule has 0 aromatic heterocycles. The molecule has 3 N–H and O–H groups in total. The number of aliphatic carboxylic acids is 2. The predicted octanol–water partition coefficient (Wildman–Crippen LogP) is 0.600. The molecule has 1 unspecified atom stereocenters. The van der Waals surface area contributed by atoms with E-state index in [4.69, 9.17) is 10.2 Å². The number of carbonyl (C=O) groups is 2. The first kappa shape index (κ1) is 12.2. The monoisotopic (exact) mass is 226 g/mol. The summed E-state index contributed by atoms with van der Waals surface area (Å²) in [4.78, 5) is 26.1. The Morgan fingerprint density at radius 2 is 2.06 bits per heavy atom. The third-order valence-electron chi connectivity index (χ3n) is 2.61. The maximum Gasteiger partial charge on any atom is 0.353 e. The number of hydrogen-bond acceptors (Lipinski definition) is 4. The first-order valence-electron chi connectivity index (χ1n) is 5.00. The Morgan fingerprint density at radius 3 is 2.44 bits per heavy atom. The molecular formula is C10H14N2O4. The standard InChI is InChI=1S/C10H14N2O4/c1-3-6-5-11-10(4-2,9(15)16)7(12-6)8(13)14/h5,11H,3-4H2,1-2H3,(H,13,14)(H,15,16). The van der Waals surface area contributed by atoms with Gasteiger partial charge in [-0.05, 0) is 12.8 Å². The second-order valence-corrected chi connectivity index (χ2v) is 3.46. The molecule has 0 radical (unpaired) electrons. The number of nitrogens with one attached hydrogen (secondary N) is 1. The topological polar surface area (TPSA) is 99.0 Å². The van der Waals surface area contributed by atoms with Gasteiger partial charge in [-0.2, -0.15) is 0 Å². The molecule has 1 aliphatic heterocycles. The van der Waals surface area contributed by atoms with Crippen LogP contribution in [0.25, 0.3) is 0 Å². The molecule has 0 aliphatic carbocycles. The lowest BCUT2D eigenvalue weighted by Crippen LogP contribution is -2.59. The largest absolute Gasteiger partial charge is 0.479 e. The van der Waals surface area contributed by atoms with Gasteiger partial charge >= 0.3 is 11.9 Å². The fourth-order valence-corrected chi connectivity index (χ4v) is 1.54. The zero-order valence-corrected chi connectivity index (χ0v) is 9.15. The second kappa shape index (κ2) is 4.34. The van der Waals surface area contributed by atoms with Crippen molar-refractivity contribution in [3.05, 3.63) is 11.9 Å². The van der Waals surface area contributed by atoms with Crippen LogP contribution < -0.4 is 5.32 Å². The fourth-order valence-electron chi connectivity index (χ4n) is 1.54. The Labute approximate surface area is 92.7 Å². The highest BCUT2D eigenvalue weighted by Crippen LogP contribution is 2.21. The van der Waals surface area contributed by atoms with Gasteiger partial charge in [0.15, 0.2) is 11.3 Å². The summed E-state index contributed by atoms with van der Waals surface area (Å²) in [6, 6.07) is 0. The minimum Gasteiger partial charge on any atom is -0.479 e. The van der Waals surface area contributed by atoms with Crippen LogP contribution in [-0.4, -0.2) is 33.4 Å². The number of allylic oxidation sites excluding steroid dienone is 1. The molecule has 0 saturated heterocycles. The molecule has 6 heteroatoms. The lowest BCUT2D eigenvalue weighted by Gasteiger charge is -2.31. The van der Waals surface area contributed by atoms with Gasteiger partial charge in [-0.1, -0.05) is 13.8 Å². The van der Waals surface area contributed by atoms with Crippen molar-refractivity contribution in [1.29, 1.82) is 0 Å². The summed E-state index contributed by atoms with van der Waals surface area (Å²) in [6.45, 7) is 3.42. The quantitative estimate of drug-likeness (QED) is 0.652. The molecule has 0 amide bonds. The first-order chi connectivity index (χ1) is 7.47. The van der Waals surface area contributed by atoms with Crippen molar-refractivity contribution in [3.63, 3.8) is 0 Å². The zero-order valence-electron chi connectivity index (χ0n) is 9.15. The van der Waals surface area contributed by atoms with Crippen molar-refractivity contribution in [2.24, 2.45) is 4.99 Å². The molecule has 88 valence electrons. The molecule has 0 fully saturated rings. The average Bonchev–Trinajstić information content (AvgIpc) is 2.27. The lowest BCUT2D eigenvalue weighted by atomic mass is 9.88. The van der Waals surface area contributed by atoms with E-state index in [0.29, 0.717) is 12.1 Å². The molecule has 1 atom stereocenters. The van der Waals surface area contributed by atoms with Crippen molar-refractivity contribution >= 4 is 17.7 Å². The van der Waals surface area contributed by atoms with Gasteiger partial charge in [0.05, 0.1) is 5.70 Å². The summed E-state index contributed by atoms with van der Waals surface area (Å²) in [5.41, 5.74) is -1.45. The minimum atomic E-state index is -1.62. The van der Waals surface area contributed by atoms with Gasteiger partial charge in [0.1, 0.15) is 0 Å². The number of rotatable bonds is 4. The number of nitrogens with zero attached hydrogens (tertiary/aromatic N) is 1. The van der Waals surface area contributed by atoms with Crippen LogP contribution in [0.3, 0.4) is 0 Å². The highest BCUT2D eigenvalue weighted by Gasteiger charge is 2.46. The van der Waals surface area contributed by atoms with Crippen LogP contribution in [-0.2, 0) is 9.59 Å². The van der Waals surface area contributed by atoms with Crippen molar-refractivity contribution in [2.75, 3.05) is 0 Å². The van der Waals surface area contributed by atoms with Crippen LogP contribution in [0.4, 0.5) is 0 Å². The van der Waals surface area contributed by atoms with E-state index < -0.39 is 17.5 Å². The zero-order chi connectivity index (χ0) is 12.3. The van der Waals surface area contributed by atoms with Crippen LogP contribution >= 0.6 is 0 Å². The van der Waals surface area contributed by atoms with Crippen molar-refractivity contribution in [1.82, 2.24) is 5.32 Å². The highest BCUT2D eigenvalue weighted by atomic mass is 16.4. The molecule has 0 aromatic carbocycles. The molecular weight excluding hydrogens is 212 g/mol. The molecule has 16 heavy (non-hydrogen) atoms. The molecule has 6 nitrogen and oxygen atoms in total. The minimum absolute atomic E-state index is 0.112. The number of aliphatic imine (C=N–C) groups is 1. The molecule has 1 heterocycles. The van der Waals surface area contributed by atoms with Gasteiger partial charge in [-0.3, -0.25) is 0 Å². The van der Waals surface area contributed by atoms with E-state index in [2.05, 4.69) is 10.3 Å². The molecule has 0 bridgehead atoms. The Kier molecular flexibility index (Phi) is 3.31. The predicted molar refractivity (Wildman–Crippen MR) is 57.2 cm³/mol. The molecule has 0 aromatic rings. The third-order valence-corrected chi connectivity index (χ3v) is 2.61. The maximum absolute atomic E-state index is 11.2. The first-order valence-corrected chi connectivity index (χ1v) is 5.00. The number of hydrogen-bond donors (Lipinski definition) is 3. The van der Waals surface area contributed by atoms with Crippen molar-refractivity contribution in [2.45, 2.75) is 32.2 Å². The summed E-state index contributed by atoms with van der Waals surface area (Å²) >= 11 is 0. The van der Waals surface area contributed by atoms with E-state index >= 15 is 0 Å².